The number of hydrogen-bond donors (Lipinski definition) is 1. The molecule has 0 aliphatic carbocycles. The molecular formula is C31H33F2N5. The molecule has 1 aromatic heterocycles. The van der Waals surface area contributed by atoms with Crippen molar-refractivity contribution in [2.45, 2.75) is 33.6 Å². The molecule has 0 saturated carbocycles. The van der Waals surface area contributed by atoms with E-state index in [1.165, 1.54) is 17.7 Å². The van der Waals surface area contributed by atoms with Crippen LogP contribution in [0.4, 0.5) is 14.7 Å². The second kappa shape index (κ2) is 12.0. The molecule has 0 radical (unpaired) electrons. The molecule has 1 fully saturated rings. The molecule has 4 aromatic rings. The number of terminal acetylenes is 1. The van der Waals surface area contributed by atoms with Gasteiger partial charge in [0, 0.05) is 43.9 Å². The highest BCUT2D eigenvalue weighted by molar-refractivity contribution is 6.11. The first-order valence-corrected chi connectivity index (χ1v) is 12.7. The summed E-state index contributed by atoms with van der Waals surface area (Å²) in [6, 6.07) is 20.0. The van der Waals surface area contributed by atoms with Gasteiger partial charge in [-0.1, -0.05) is 42.5 Å². The van der Waals surface area contributed by atoms with Crippen molar-refractivity contribution in [3.8, 4) is 12.3 Å². The number of aromatic nitrogens is 2. The number of piperazine rings is 1. The minimum atomic E-state index is -1.15. The molecule has 1 aliphatic rings. The van der Waals surface area contributed by atoms with E-state index in [4.69, 9.17) is 10.4 Å². The quantitative estimate of drug-likeness (QED) is 0.241. The molecule has 2 heterocycles. The monoisotopic (exact) mass is 513 g/mol. The van der Waals surface area contributed by atoms with Crippen LogP contribution in [-0.2, 0) is 6.54 Å². The highest BCUT2D eigenvalue weighted by atomic mass is 19.1. The number of hydrogen-bond acceptors (Lipinski definition) is 4. The zero-order valence-corrected chi connectivity index (χ0v) is 22.1. The Balaban J connectivity index is 0.00000107. The van der Waals surface area contributed by atoms with Crippen molar-refractivity contribution in [1.82, 2.24) is 14.5 Å². The fraction of sp³-hybridized carbons (Fsp3) is 0.290. The first kappa shape index (κ1) is 27.0. The van der Waals surface area contributed by atoms with Crippen LogP contribution in [0.2, 0.25) is 0 Å². The van der Waals surface area contributed by atoms with Crippen molar-refractivity contribution < 1.29 is 8.78 Å². The van der Waals surface area contributed by atoms with Gasteiger partial charge in [-0.25, -0.2) is 13.8 Å². The average Bonchev–Trinajstić information content (AvgIpc) is 3.29. The molecule has 196 valence electrons. The van der Waals surface area contributed by atoms with Crippen LogP contribution in [0.3, 0.4) is 0 Å². The molecular weight excluding hydrogens is 480 g/mol. The maximum Gasteiger partial charge on any atom is 0.209 e. The minimum Gasteiger partial charge on any atom is -0.340 e. The van der Waals surface area contributed by atoms with E-state index >= 15 is 0 Å². The fourth-order valence-corrected chi connectivity index (χ4v) is 4.87. The van der Waals surface area contributed by atoms with Gasteiger partial charge in [-0.2, -0.15) is 0 Å². The maximum atomic E-state index is 14.5. The zero-order valence-electron chi connectivity index (χ0n) is 22.1. The first-order chi connectivity index (χ1) is 18.3. The number of nitrogens with zero attached hydrogens (tertiary/aromatic N) is 4. The van der Waals surface area contributed by atoms with Gasteiger partial charge in [0.15, 0.2) is 6.30 Å². The van der Waals surface area contributed by atoms with E-state index in [-0.39, 0.29) is 5.82 Å². The van der Waals surface area contributed by atoms with Gasteiger partial charge in [0.1, 0.15) is 5.82 Å². The van der Waals surface area contributed by atoms with Crippen molar-refractivity contribution in [1.29, 1.82) is 5.41 Å². The van der Waals surface area contributed by atoms with Crippen molar-refractivity contribution in [3.63, 3.8) is 0 Å². The summed E-state index contributed by atoms with van der Waals surface area (Å²) < 4.78 is 29.8. The van der Waals surface area contributed by atoms with Gasteiger partial charge in [0.25, 0.3) is 0 Å². The molecule has 0 amide bonds. The summed E-state index contributed by atoms with van der Waals surface area (Å²) in [5.74, 6) is 2.61. The Morgan fingerprint density at radius 1 is 1.05 bits per heavy atom. The third-order valence-electron chi connectivity index (χ3n) is 6.67. The summed E-state index contributed by atoms with van der Waals surface area (Å²) in [7, 11) is 0. The minimum absolute atomic E-state index is 0.326. The number of fused-ring (bicyclic) bond motifs is 1. The van der Waals surface area contributed by atoms with Crippen LogP contribution in [0.15, 0.2) is 66.7 Å². The summed E-state index contributed by atoms with van der Waals surface area (Å²) in [5.41, 5.74) is 5.52. The van der Waals surface area contributed by atoms with Crippen LogP contribution in [0, 0.1) is 30.5 Å². The standard InChI is InChI=1S/C28H29F2N5.C3H4/c1-19-16-21(10-11-24(19)27(31)22-6-5-7-23(30)17-22)18-33-12-14-34(15-13-33)28-32-25-8-3-4-9-26(25)35(28)20(2)29;1-3-2/h3-11,16-17,20,31H,12-15,18H2,1-2H3;1H,2H3. The largest absolute Gasteiger partial charge is 0.340 e. The van der Waals surface area contributed by atoms with Crippen LogP contribution in [-0.4, -0.2) is 46.3 Å². The lowest BCUT2D eigenvalue weighted by molar-refractivity contribution is 0.241. The lowest BCUT2D eigenvalue weighted by Gasteiger charge is -2.35. The van der Waals surface area contributed by atoms with Gasteiger partial charge in [-0.3, -0.25) is 14.9 Å². The van der Waals surface area contributed by atoms with Crippen molar-refractivity contribution in [2.24, 2.45) is 0 Å². The van der Waals surface area contributed by atoms with Gasteiger partial charge in [0.05, 0.1) is 16.7 Å². The Labute approximate surface area is 223 Å². The normalized spacial score (nSPS) is 14.5. The number of anilines is 1. The van der Waals surface area contributed by atoms with E-state index in [0.29, 0.717) is 17.2 Å². The Morgan fingerprint density at radius 2 is 1.76 bits per heavy atom. The number of alkyl halides is 1. The lowest BCUT2D eigenvalue weighted by Crippen LogP contribution is -2.46. The third-order valence-corrected chi connectivity index (χ3v) is 6.67. The first-order valence-electron chi connectivity index (χ1n) is 12.7. The molecule has 3 aromatic carbocycles. The molecule has 1 atom stereocenters. The summed E-state index contributed by atoms with van der Waals surface area (Å²) in [6.45, 7) is 9.25. The predicted molar refractivity (Wildman–Crippen MR) is 151 cm³/mol. The van der Waals surface area contributed by atoms with Gasteiger partial charge >= 0.3 is 0 Å². The van der Waals surface area contributed by atoms with E-state index in [9.17, 15) is 8.78 Å². The smallest absolute Gasteiger partial charge is 0.209 e. The molecule has 1 aliphatic heterocycles. The number of halogens is 2. The average molecular weight is 514 g/mol. The van der Waals surface area contributed by atoms with Crippen LogP contribution >= 0.6 is 0 Å². The Morgan fingerprint density at radius 3 is 2.42 bits per heavy atom. The number of para-hydroxylation sites is 2. The van der Waals surface area contributed by atoms with E-state index in [1.54, 1.807) is 30.5 Å². The van der Waals surface area contributed by atoms with E-state index < -0.39 is 6.30 Å². The SMILES string of the molecule is C#CC.Cc1cc(CN2CCN(c3nc4ccccc4n3C(C)F)CC2)ccc1C(=N)c1cccc(F)c1. The summed E-state index contributed by atoms with van der Waals surface area (Å²) >= 11 is 0. The molecule has 7 heteroatoms. The van der Waals surface area contributed by atoms with Gasteiger partial charge in [0.2, 0.25) is 5.95 Å². The van der Waals surface area contributed by atoms with Crippen molar-refractivity contribution in [2.75, 3.05) is 31.1 Å². The Bertz CT molecular complexity index is 1460. The molecule has 1 unspecified atom stereocenters. The molecule has 0 bridgehead atoms. The van der Waals surface area contributed by atoms with Crippen molar-refractivity contribution in [3.05, 3.63) is 94.8 Å². The fourth-order valence-electron chi connectivity index (χ4n) is 4.87. The number of rotatable bonds is 6. The summed E-state index contributed by atoms with van der Waals surface area (Å²) in [6.07, 6.45) is 3.45. The van der Waals surface area contributed by atoms with Crippen LogP contribution in [0.5, 0.6) is 0 Å². The number of aryl methyl sites for hydroxylation is 1. The number of imidazole rings is 1. The summed E-state index contributed by atoms with van der Waals surface area (Å²) in [5, 5.41) is 8.51. The third kappa shape index (κ3) is 5.92. The maximum absolute atomic E-state index is 14.5. The van der Waals surface area contributed by atoms with Gasteiger partial charge in [-0.15, -0.1) is 12.3 Å². The van der Waals surface area contributed by atoms with Crippen LogP contribution in [0.1, 0.15) is 42.4 Å². The van der Waals surface area contributed by atoms with E-state index in [2.05, 4.69) is 28.2 Å². The number of nitrogens with one attached hydrogen (secondary N) is 1. The second-order valence-electron chi connectivity index (χ2n) is 9.43. The van der Waals surface area contributed by atoms with Crippen molar-refractivity contribution >= 4 is 22.7 Å². The van der Waals surface area contributed by atoms with Crippen LogP contribution < -0.4 is 4.90 Å². The Kier molecular flexibility index (Phi) is 8.55. The molecule has 1 saturated heterocycles. The highest BCUT2D eigenvalue weighted by Gasteiger charge is 2.24. The zero-order chi connectivity index (χ0) is 27.2. The van der Waals surface area contributed by atoms with Gasteiger partial charge < -0.3 is 4.90 Å². The Hall–Kier alpha value is -4.02. The molecule has 0 spiro atoms. The molecule has 5 rings (SSSR count). The van der Waals surface area contributed by atoms with E-state index in [0.717, 1.165) is 54.9 Å². The molecule has 5 nitrogen and oxygen atoms in total. The van der Waals surface area contributed by atoms with E-state index in [1.807, 2.05) is 43.3 Å². The second-order valence-corrected chi connectivity index (χ2v) is 9.43. The molecule has 1 N–H and O–H groups in total. The summed E-state index contributed by atoms with van der Waals surface area (Å²) in [4.78, 5) is 9.27. The predicted octanol–water partition coefficient (Wildman–Crippen LogP) is 6.35. The lowest BCUT2D eigenvalue weighted by atomic mass is 9.96. The number of benzene rings is 3. The van der Waals surface area contributed by atoms with Gasteiger partial charge in [-0.05, 0) is 56.2 Å². The molecule has 38 heavy (non-hydrogen) atoms. The van der Waals surface area contributed by atoms with Crippen LogP contribution in [0.25, 0.3) is 11.0 Å². The topological polar surface area (TPSA) is 48.2 Å². The highest BCUT2D eigenvalue weighted by Crippen LogP contribution is 2.28.